The molecule has 0 unspecified atom stereocenters. The Labute approximate surface area is 95.1 Å². The van der Waals surface area contributed by atoms with Crippen LogP contribution in [0.15, 0.2) is 30.3 Å². The molecule has 3 nitrogen and oxygen atoms in total. The minimum absolute atomic E-state index is 0.0157. The summed E-state index contributed by atoms with van der Waals surface area (Å²) in [6.07, 6.45) is 1.98. The minimum atomic E-state index is -0.0157. The van der Waals surface area contributed by atoms with Gasteiger partial charge < -0.3 is 4.90 Å². The van der Waals surface area contributed by atoms with Crippen LogP contribution in [0.5, 0.6) is 0 Å². The zero-order chi connectivity index (χ0) is 11.4. The van der Waals surface area contributed by atoms with Crippen LogP contribution >= 0.6 is 0 Å². The Balaban J connectivity index is 1.76. The highest BCUT2D eigenvalue weighted by atomic mass is 16.2. The lowest BCUT2D eigenvalue weighted by Gasteiger charge is -2.13. The first kappa shape index (κ1) is 10.9. The summed E-state index contributed by atoms with van der Waals surface area (Å²) in [5, 5.41) is 0. The average Bonchev–Trinajstić information content (AvgIpc) is 2.59. The fraction of sp³-hybridized carbons (Fsp3) is 0.385. The van der Waals surface area contributed by atoms with Gasteiger partial charge in [-0.25, -0.2) is 0 Å². The van der Waals surface area contributed by atoms with Crippen LogP contribution in [0.25, 0.3) is 0 Å². The van der Waals surface area contributed by atoms with Crippen LogP contribution < -0.4 is 0 Å². The third-order valence-corrected chi connectivity index (χ3v) is 2.80. The summed E-state index contributed by atoms with van der Waals surface area (Å²) in [6.45, 7) is 1.01. The topological polar surface area (TPSA) is 37.4 Å². The number of aryl methyl sites for hydroxylation is 1. The largest absolute Gasteiger partial charge is 0.335 e. The van der Waals surface area contributed by atoms with Gasteiger partial charge in [0.05, 0.1) is 13.0 Å². The molecule has 2 rings (SSSR count). The molecule has 0 atom stereocenters. The smallest absolute Gasteiger partial charge is 0.230 e. The van der Waals surface area contributed by atoms with Crippen LogP contribution in [0.3, 0.4) is 0 Å². The standard InChI is InChI=1S/C13H15NO2/c15-12-9-13(16)14(10-12)8-4-7-11-5-2-1-3-6-11/h1-3,5-6H,4,7-10H2. The number of carbonyl (C=O) groups excluding carboxylic acids is 2. The number of rotatable bonds is 4. The van der Waals surface area contributed by atoms with Crippen LogP contribution in [0, 0.1) is 0 Å². The first-order chi connectivity index (χ1) is 7.75. The van der Waals surface area contributed by atoms with Gasteiger partial charge in [-0.15, -0.1) is 0 Å². The van der Waals surface area contributed by atoms with Gasteiger partial charge in [-0.05, 0) is 18.4 Å². The molecule has 1 saturated heterocycles. The van der Waals surface area contributed by atoms with Crippen molar-refractivity contribution in [2.24, 2.45) is 0 Å². The molecule has 84 valence electrons. The molecule has 0 radical (unpaired) electrons. The van der Waals surface area contributed by atoms with E-state index in [1.807, 2.05) is 18.2 Å². The van der Waals surface area contributed by atoms with E-state index in [-0.39, 0.29) is 18.1 Å². The number of hydrogen-bond acceptors (Lipinski definition) is 2. The van der Waals surface area contributed by atoms with Gasteiger partial charge in [0.2, 0.25) is 5.91 Å². The molecular formula is C13H15NO2. The summed E-state index contributed by atoms with van der Waals surface area (Å²) < 4.78 is 0. The van der Waals surface area contributed by atoms with E-state index in [9.17, 15) is 9.59 Å². The van der Waals surface area contributed by atoms with Gasteiger partial charge in [-0.2, -0.15) is 0 Å². The number of nitrogens with zero attached hydrogens (tertiary/aromatic N) is 1. The Morgan fingerprint density at radius 1 is 1.12 bits per heavy atom. The van der Waals surface area contributed by atoms with E-state index in [1.54, 1.807) is 4.90 Å². The van der Waals surface area contributed by atoms with Gasteiger partial charge in [-0.1, -0.05) is 30.3 Å². The fourth-order valence-electron chi connectivity index (χ4n) is 1.96. The van der Waals surface area contributed by atoms with E-state index >= 15 is 0 Å². The van der Waals surface area contributed by atoms with E-state index in [0.717, 1.165) is 12.8 Å². The maximum atomic E-state index is 11.3. The number of carbonyl (C=O) groups is 2. The number of benzene rings is 1. The van der Waals surface area contributed by atoms with Gasteiger partial charge in [-0.3, -0.25) is 9.59 Å². The molecule has 1 aliphatic heterocycles. The van der Waals surface area contributed by atoms with Crippen molar-refractivity contribution in [3.63, 3.8) is 0 Å². The monoisotopic (exact) mass is 217 g/mol. The van der Waals surface area contributed by atoms with Crippen molar-refractivity contribution in [3.8, 4) is 0 Å². The molecule has 0 N–H and O–H groups in total. The molecular weight excluding hydrogens is 202 g/mol. The molecule has 1 aromatic carbocycles. The first-order valence-corrected chi connectivity index (χ1v) is 5.59. The maximum absolute atomic E-state index is 11.3. The van der Waals surface area contributed by atoms with E-state index in [1.165, 1.54) is 5.56 Å². The van der Waals surface area contributed by atoms with Crippen molar-refractivity contribution in [2.75, 3.05) is 13.1 Å². The van der Waals surface area contributed by atoms with E-state index in [2.05, 4.69) is 12.1 Å². The molecule has 0 saturated carbocycles. The molecule has 1 fully saturated rings. The van der Waals surface area contributed by atoms with Crippen LogP contribution in [0.4, 0.5) is 0 Å². The summed E-state index contributed by atoms with van der Waals surface area (Å²) in [5.74, 6) is 0.0303. The van der Waals surface area contributed by atoms with Gasteiger partial charge in [0, 0.05) is 6.54 Å². The van der Waals surface area contributed by atoms with Crippen LogP contribution in [-0.4, -0.2) is 29.7 Å². The van der Waals surface area contributed by atoms with Crippen LogP contribution in [-0.2, 0) is 16.0 Å². The van der Waals surface area contributed by atoms with Crippen LogP contribution in [0.1, 0.15) is 18.4 Å². The minimum Gasteiger partial charge on any atom is -0.335 e. The molecule has 1 heterocycles. The van der Waals surface area contributed by atoms with Crippen molar-refractivity contribution in [1.29, 1.82) is 0 Å². The highest BCUT2D eigenvalue weighted by Crippen LogP contribution is 2.09. The van der Waals surface area contributed by atoms with Gasteiger partial charge in [0.1, 0.15) is 0 Å². The highest BCUT2D eigenvalue weighted by Gasteiger charge is 2.26. The zero-order valence-electron chi connectivity index (χ0n) is 9.19. The van der Waals surface area contributed by atoms with E-state index in [4.69, 9.17) is 0 Å². The van der Waals surface area contributed by atoms with Crippen molar-refractivity contribution >= 4 is 11.7 Å². The molecule has 3 heteroatoms. The Kier molecular flexibility index (Phi) is 3.34. The number of ketones is 1. The second-order valence-electron chi connectivity index (χ2n) is 4.12. The predicted molar refractivity (Wildman–Crippen MR) is 61.0 cm³/mol. The molecule has 1 aliphatic rings. The van der Waals surface area contributed by atoms with Crippen molar-refractivity contribution < 1.29 is 9.59 Å². The van der Waals surface area contributed by atoms with Gasteiger partial charge >= 0.3 is 0 Å². The lowest BCUT2D eigenvalue weighted by molar-refractivity contribution is -0.127. The summed E-state index contributed by atoms with van der Waals surface area (Å²) in [4.78, 5) is 24.0. The van der Waals surface area contributed by atoms with Gasteiger partial charge in [0.25, 0.3) is 0 Å². The maximum Gasteiger partial charge on any atom is 0.230 e. The third kappa shape index (κ3) is 2.69. The van der Waals surface area contributed by atoms with E-state index < -0.39 is 0 Å². The zero-order valence-corrected chi connectivity index (χ0v) is 9.19. The lowest BCUT2D eigenvalue weighted by Crippen LogP contribution is -2.26. The lowest BCUT2D eigenvalue weighted by atomic mass is 10.1. The predicted octanol–water partition coefficient (Wildman–Crippen LogP) is 1.42. The van der Waals surface area contributed by atoms with Crippen molar-refractivity contribution in [3.05, 3.63) is 35.9 Å². The summed E-state index contributed by atoms with van der Waals surface area (Å²) >= 11 is 0. The first-order valence-electron chi connectivity index (χ1n) is 5.59. The van der Waals surface area contributed by atoms with Crippen molar-refractivity contribution in [2.45, 2.75) is 19.3 Å². The second-order valence-corrected chi connectivity index (χ2v) is 4.12. The van der Waals surface area contributed by atoms with Crippen LogP contribution in [0.2, 0.25) is 0 Å². The summed E-state index contributed by atoms with van der Waals surface area (Å²) in [6, 6.07) is 10.2. The third-order valence-electron chi connectivity index (χ3n) is 2.80. The Bertz CT molecular complexity index is 386. The summed E-state index contributed by atoms with van der Waals surface area (Å²) in [5.41, 5.74) is 1.28. The fourth-order valence-corrected chi connectivity index (χ4v) is 1.96. The molecule has 0 bridgehead atoms. The van der Waals surface area contributed by atoms with E-state index in [0.29, 0.717) is 13.1 Å². The number of hydrogen-bond donors (Lipinski definition) is 0. The average molecular weight is 217 g/mol. The molecule has 0 aromatic heterocycles. The number of likely N-dealkylation sites (tertiary alicyclic amines) is 1. The molecule has 1 amide bonds. The SMILES string of the molecule is O=C1CC(=O)N(CCCc2ccccc2)C1. The van der Waals surface area contributed by atoms with Crippen molar-refractivity contribution in [1.82, 2.24) is 4.90 Å². The highest BCUT2D eigenvalue weighted by molar-refractivity contribution is 6.05. The molecule has 0 aliphatic carbocycles. The molecule has 1 aromatic rings. The number of Topliss-reactive ketones (excluding diaryl/α,β-unsaturated/α-hetero) is 1. The number of amides is 1. The quantitative estimate of drug-likeness (QED) is 0.715. The Morgan fingerprint density at radius 3 is 2.50 bits per heavy atom. The second kappa shape index (κ2) is 4.92. The Hall–Kier alpha value is -1.64. The summed E-state index contributed by atoms with van der Waals surface area (Å²) in [7, 11) is 0. The normalized spacial score (nSPS) is 15.9. The van der Waals surface area contributed by atoms with Gasteiger partial charge in [0.15, 0.2) is 5.78 Å². The molecule has 16 heavy (non-hydrogen) atoms. The Morgan fingerprint density at radius 2 is 1.88 bits per heavy atom. The molecule has 0 spiro atoms.